The van der Waals surface area contributed by atoms with Crippen molar-refractivity contribution in [3.63, 3.8) is 0 Å². The van der Waals surface area contributed by atoms with Gasteiger partial charge in [0.15, 0.2) is 0 Å². The van der Waals surface area contributed by atoms with E-state index in [0.29, 0.717) is 19.4 Å². The van der Waals surface area contributed by atoms with E-state index in [0.717, 1.165) is 30.2 Å². The molecule has 1 unspecified atom stereocenters. The van der Waals surface area contributed by atoms with Crippen LogP contribution in [0.2, 0.25) is 0 Å². The number of ether oxygens (including phenoxy) is 2. The SMILES string of the molecule is CCCCCCCCCOc1cccc(N2C=C(CC(C)OC(=O)CC)N=CC2)c1. The molecule has 5 nitrogen and oxygen atoms in total. The molecule has 1 heterocycles. The Morgan fingerprint density at radius 1 is 1.13 bits per heavy atom. The van der Waals surface area contributed by atoms with Gasteiger partial charge in [-0.1, -0.05) is 58.4 Å². The Hall–Kier alpha value is -2.30. The number of hydrogen-bond acceptors (Lipinski definition) is 5. The largest absolute Gasteiger partial charge is 0.494 e. The van der Waals surface area contributed by atoms with Gasteiger partial charge in [0.2, 0.25) is 0 Å². The molecule has 2 rings (SSSR count). The Labute approximate surface area is 182 Å². The summed E-state index contributed by atoms with van der Waals surface area (Å²) in [7, 11) is 0. The highest BCUT2D eigenvalue weighted by molar-refractivity contribution is 5.71. The number of esters is 1. The number of aliphatic imine (C=N–C) groups is 1. The van der Waals surface area contributed by atoms with E-state index in [4.69, 9.17) is 9.47 Å². The third-order valence-corrected chi connectivity index (χ3v) is 5.12. The second kappa shape index (κ2) is 13.8. The minimum absolute atomic E-state index is 0.175. The highest BCUT2D eigenvalue weighted by Crippen LogP contribution is 2.24. The number of rotatable bonds is 14. The van der Waals surface area contributed by atoms with Gasteiger partial charge in [-0.25, -0.2) is 0 Å². The maximum absolute atomic E-state index is 11.5. The van der Waals surface area contributed by atoms with Gasteiger partial charge in [-0.2, -0.15) is 0 Å². The van der Waals surface area contributed by atoms with Crippen molar-refractivity contribution in [3.05, 3.63) is 36.2 Å². The van der Waals surface area contributed by atoms with Gasteiger partial charge in [0.25, 0.3) is 0 Å². The topological polar surface area (TPSA) is 51.1 Å². The van der Waals surface area contributed by atoms with E-state index in [1.54, 1.807) is 6.92 Å². The molecule has 0 aromatic heterocycles. The lowest BCUT2D eigenvalue weighted by atomic mass is 10.1. The van der Waals surface area contributed by atoms with E-state index < -0.39 is 0 Å². The molecule has 0 aliphatic carbocycles. The van der Waals surface area contributed by atoms with Crippen LogP contribution in [0.25, 0.3) is 0 Å². The normalized spacial score (nSPS) is 14.4. The predicted octanol–water partition coefficient (Wildman–Crippen LogP) is 6.28. The van der Waals surface area contributed by atoms with Gasteiger partial charge in [-0.3, -0.25) is 9.79 Å². The van der Waals surface area contributed by atoms with Gasteiger partial charge in [0.05, 0.1) is 18.8 Å². The van der Waals surface area contributed by atoms with Crippen LogP contribution in [-0.2, 0) is 9.53 Å². The summed E-state index contributed by atoms with van der Waals surface area (Å²) in [6.07, 6.45) is 13.7. The van der Waals surface area contributed by atoms with Crippen LogP contribution in [0.1, 0.15) is 78.6 Å². The maximum atomic E-state index is 11.5. The van der Waals surface area contributed by atoms with E-state index in [9.17, 15) is 4.79 Å². The Kier molecular flexibility index (Phi) is 11.1. The second-order valence-corrected chi connectivity index (χ2v) is 7.91. The van der Waals surface area contributed by atoms with Crippen molar-refractivity contribution in [2.45, 2.75) is 84.7 Å². The fourth-order valence-electron chi connectivity index (χ4n) is 3.44. The summed E-state index contributed by atoms with van der Waals surface area (Å²) in [5.74, 6) is 0.728. The van der Waals surface area contributed by atoms with Crippen LogP contribution in [0, 0.1) is 0 Å². The van der Waals surface area contributed by atoms with Crippen LogP contribution in [0.15, 0.2) is 41.2 Å². The summed E-state index contributed by atoms with van der Waals surface area (Å²) < 4.78 is 11.3. The Balaban J connectivity index is 1.80. The Morgan fingerprint density at radius 3 is 2.67 bits per heavy atom. The molecule has 0 N–H and O–H groups in total. The van der Waals surface area contributed by atoms with Crippen molar-refractivity contribution in [2.75, 3.05) is 18.1 Å². The van der Waals surface area contributed by atoms with Crippen molar-refractivity contribution in [3.8, 4) is 5.75 Å². The summed E-state index contributed by atoms with van der Waals surface area (Å²) in [5.41, 5.74) is 1.99. The van der Waals surface area contributed by atoms with E-state index in [1.165, 1.54) is 38.5 Å². The molecule has 0 radical (unpaired) electrons. The zero-order valence-electron chi connectivity index (χ0n) is 18.9. The zero-order valence-corrected chi connectivity index (χ0v) is 18.9. The minimum Gasteiger partial charge on any atom is -0.494 e. The van der Waals surface area contributed by atoms with E-state index in [2.05, 4.69) is 28.9 Å². The molecule has 0 saturated carbocycles. The Bertz CT molecular complexity index is 699. The zero-order chi connectivity index (χ0) is 21.6. The third-order valence-electron chi connectivity index (χ3n) is 5.12. The van der Waals surface area contributed by atoms with Crippen molar-refractivity contribution < 1.29 is 14.3 Å². The van der Waals surface area contributed by atoms with Crippen molar-refractivity contribution >= 4 is 17.9 Å². The predicted molar refractivity (Wildman–Crippen MR) is 124 cm³/mol. The number of benzene rings is 1. The number of carbonyl (C=O) groups excluding carboxylic acids is 1. The first-order valence-electron chi connectivity index (χ1n) is 11.5. The maximum Gasteiger partial charge on any atom is 0.305 e. The van der Waals surface area contributed by atoms with Crippen LogP contribution < -0.4 is 9.64 Å². The number of anilines is 1. The highest BCUT2D eigenvalue weighted by atomic mass is 16.5. The van der Waals surface area contributed by atoms with Crippen molar-refractivity contribution in [1.29, 1.82) is 0 Å². The first-order valence-corrected chi connectivity index (χ1v) is 11.5. The average Bonchev–Trinajstić information content (AvgIpc) is 2.76. The van der Waals surface area contributed by atoms with Gasteiger partial charge in [0, 0.05) is 37.0 Å². The monoisotopic (exact) mass is 414 g/mol. The lowest BCUT2D eigenvalue weighted by Crippen LogP contribution is -2.23. The summed E-state index contributed by atoms with van der Waals surface area (Å²) in [6, 6.07) is 8.20. The van der Waals surface area contributed by atoms with E-state index in [-0.39, 0.29) is 12.1 Å². The van der Waals surface area contributed by atoms with Crippen LogP contribution in [0.3, 0.4) is 0 Å². The number of nitrogens with zero attached hydrogens (tertiary/aromatic N) is 2. The van der Waals surface area contributed by atoms with Gasteiger partial charge >= 0.3 is 5.97 Å². The summed E-state index contributed by atoms with van der Waals surface area (Å²) in [6.45, 7) is 7.44. The summed E-state index contributed by atoms with van der Waals surface area (Å²) in [4.78, 5) is 18.1. The fourth-order valence-corrected chi connectivity index (χ4v) is 3.44. The van der Waals surface area contributed by atoms with E-state index in [1.807, 2.05) is 31.5 Å². The molecular weight excluding hydrogens is 376 g/mol. The first-order chi connectivity index (χ1) is 14.6. The lowest BCUT2D eigenvalue weighted by molar-refractivity contribution is -0.147. The van der Waals surface area contributed by atoms with Crippen LogP contribution >= 0.6 is 0 Å². The van der Waals surface area contributed by atoms with Gasteiger partial charge < -0.3 is 14.4 Å². The number of carbonyl (C=O) groups is 1. The van der Waals surface area contributed by atoms with Crippen LogP contribution in [0.5, 0.6) is 5.75 Å². The molecule has 0 amide bonds. The molecule has 0 spiro atoms. The molecule has 5 heteroatoms. The molecule has 30 heavy (non-hydrogen) atoms. The van der Waals surface area contributed by atoms with Gasteiger partial charge in [-0.15, -0.1) is 0 Å². The molecule has 1 aliphatic heterocycles. The van der Waals surface area contributed by atoms with E-state index >= 15 is 0 Å². The van der Waals surface area contributed by atoms with Crippen LogP contribution in [0.4, 0.5) is 5.69 Å². The number of unbranched alkanes of at least 4 members (excludes halogenated alkanes) is 6. The van der Waals surface area contributed by atoms with Gasteiger partial charge in [-0.05, 0) is 25.5 Å². The molecule has 0 bridgehead atoms. The molecular formula is C25H38N2O3. The summed E-state index contributed by atoms with van der Waals surface area (Å²) in [5, 5.41) is 0. The quantitative estimate of drug-likeness (QED) is 0.265. The molecule has 1 aliphatic rings. The fraction of sp³-hybridized carbons (Fsp3) is 0.600. The first kappa shape index (κ1) is 24.0. The minimum atomic E-state index is -0.183. The standard InChI is InChI=1S/C25H38N2O3/c1-4-6-7-8-9-10-11-17-29-24-14-12-13-23(19-24)27-16-15-26-22(20-27)18-21(3)30-25(28)5-2/h12-15,19-21H,4-11,16-18H2,1-3H3. The molecule has 0 fully saturated rings. The third kappa shape index (κ3) is 9.02. The second-order valence-electron chi connectivity index (χ2n) is 7.91. The van der Waals surface area contributed by atoms with Crippen molar-refractivity contribution in [2.24, 2.45) is 4.99 Å². The summed E-state index contributed by atoms with van der Waals surface area (Å²) >= 11 is 0. The highest BCUT2D eigenvalue weighted by Gasteiger charge is 2.14. The smallest absolute Gasteiger partial charge is 0.305 e. The molecule has 166 valence electrons. The number of hydrogen-bond donors (Lipinski definition) is 0. The molecule has 1 atom stereocenters. The molecule has 1 aromatic rings. The average molecular weight is 415 g/mol. The van der Waals surface area contributed by atoms with Crippen molar-refractivity contribution in [1.82, 2.24) is 0 Å². The lowest BCUT2D eigenvalue weighted by Gasteiger charge is -2.24. The molecule has 0 saturated heterocycles. The Morgan fingerprint density at radius 2 is 1.90 bits per heavy atom. The molecule has 1 aromatic carbocycles. The van der Waals surface area contributed by atoms with Gasteiger partial charge in [0.1, 0.15) is 11.9 Å². The van der Waals surface area contributed by atoms with Crippen LogP contribution in [-0.4, -0.2) is 31.4 Å².